The third-order valence-electron chi connectivity index (χ3n) is 3.93. The van der Waals surface area contributed by atoms with Gasteiger partial charge >= 0.3 is 5.56 Å². The Labute approximate surface area is 162 Å². The molecule has 1 heterocycles. The molecule has 146 valence electrons. The number of ether oxygens (including phenoxy) is 1. The van der Waals surface area contributed by atoms with Gasteiger partial charge in [-0.25, -0.2) is 12.8 Å². The number of hydrogen-bond acceptors (Lipinski definition) is 5. The molecule has 0 unspecified atom stereocenters. The average Bonchev–Trinajstić information content (AvgIpc) is 2.62. The predicted molar refractivity (Wildman–Crippen MR) is 104 cm³/mol. The fourth-order valence-electron chi connectivity index (χ4n) is 2.67. The highest BCUT2D eigenvalue weighted by Crippen LogP contribution is 2.28. The van der Waals surface area contributed by atoms with Gasteiger partial charge in [-0.05, 0) is 49.7 Å². The highest BCUT2D eigenvalue weighted by molar-refractivity contribution is 7.90. The van der Waals surface area contributed by atoms with E-state index in [-0.39, 0.29) is 22.4 Å². The van der Waals surface area contributed by atoms with Crippen molar-refractivity contribution >= 4 is 9.84 Å². The van der Waals surface area contributed by atoms with Crippen molar-refractivity contribution in [3.8, 4) is 22.6 Å². The van der Waals surface area contributed by atoms with E-state index in [0.29, 0.717) is 11.1 Å². The van der Waals surface area contributed by atoms with Crippen LogP contribution in [0.3, 0.4) is 0 Å². The molecule has 0 aliphatic rings. The first-order valence-electron chi connectivity index (χ1n) is 8.52. The summed E-state index contributed by atoms with van der Waals surface area (Å²) in [4.78, 5) is 13.2. The first-order valence-corrected chi connectivity index (χ1v) is 10.4. The lowest BCUT2D eigenvalue weighted by atomic mass is 10.1. The SMILES string of the molecule is CC(C)Oc1c(-c2ccc(S(C)(=O)=O)cc2)cnn(-c2cccc(F)c2)c1=O. The number of halogens is 1. The van der Waals surface area contributed by atoms with Crippen molar-refractivity contribution in [3.05, 3.63) is 70.9 Å². The van der Waals surface area contributed by atoms with E-state index in [1.54, 1.807) is 32.0 Å². The normalized spacial score (nSPS) is 11.6. The maximum absolute atomic E-state index is 13.6. The summed E-state index contributed by atoms with van der Waals surface area (Å²) >= 11 is 0. The maximum atomic E-state index is 13.6. The van der Waals surface area contributed by atoms with Crippen LogP contribution in [0.5, 0.6) is 5.75 Å². The summed E-state index contributed by atoms with van der Waals surface area (Å²) in [6.07, 6.45) is 2.28. The maximum Gasteiger partial charge on any atom is 0.314 e. The van der Waals surface area contributed by atoms with Crippen LogP contribution in [-0.2, 0) is 9.84 Å². The molecule has 0 saturated carbocycles. The lowest BCUT2D eigenvalue weighted by molar-refractivity contribution is 0.238. The minimum Gasteiger partial charge on any atom is -0.485 e. The van der Waals surface area contributed by atoms with Crippen molar-refractivity contribution in [2.24, 2.45) is 0 Å². The minimum atomic E-state index is -3.33. The van der Waals surface area contributed by atoms with E-state index in [2.05, 4.69) is 5.10 Å². The third kappa shape index (κ3) is 4.12. The fraction of sp³-hybridized carbons (Fsp3) is 0.200. The number of benzene rings is 2. The van der Waals surface area contributed by atoms with Crippen LogP contribution in [0.2, 0.25) is 0 Å². The summed E-state index contributed by atoms with van der Waals surface area (Å²) in [5.74, 6) is -0.431. The van der Waals surface area contributed by atoms with Crippen LogP contribution in [0, 0.1) is 5.82 Å². The van der Waals surface area contributed by atoms with E-state index < -0.39 is 21.2 Å². The Morgan fingerprint density at radius 2 is 1.79 bits per heavy atom. The number of nitrogens with zero attached hydrogens (tertiary/aromatic N) is 2. The summed E-state index contributed by atoms with van der Waals surface area (Å²) in [6.45, 7) is 3.56. The van der Waals surface area contributed by atoms with E-state index in [1.165, 1.54) is 36.5 Å². The summed E-state index contributed by atoms with van der Waals surface area (Å²) in [5.41, 5.74) is 0.743. The van der Waals surface area contributed by atoms with Gasteiger partial charge in [0.2, 0.25) is 0 Å². The van der Waals surface area contributed by atoms with Crippen molar-refractivity contribution in [1.82, 2.24) is 9.78 Å². The van der Waals surface area contributed by atoms with Gasteiger partial charge in [0.25, 0.3) is 0 Å². The van der Waals surface area contributed by atoms with E-state index in [1.807, 2.05) is 0 Å². The van der Waals surface area contributed by atoms with Gasteiger partial charge in [-0.15, -0.1) is 0 Å². The van der Waals surface area contributed by atoms with Gasteiger partial charge in [0.15, 0.2) is 15.6 Å². The molecule has 6 nitrogen and oxygen atoms in total. The molecule has 0 atom stereocenters. The molecule has 8 heteroatoms. The van der Waals surface area contributed by atoms with Gasteiger partial charge in [-0.1, -0.05) is 18.2 Å². The number of hydrogen-bond donors (Lipinski definition) is 0. The van der Waals surface area contributed by atoms with Crippen molar-refractivity contribution < 1.29 is 17.5 Å². The monoisotopic (exact) mass is 402 g/mol. The fourth-order valence-corrected chi connectivity index (χ4v) is 3.30. The molecule has 0 saturated heterocycles. The lowest BCUT2D eigenvalue weighted by Crippen LogP contribution is -2.25. The summed E-state index contributed by atoms with van der Waals surface area (Å²) in [7, 11) is -3.33. The van der Waals surface area contributed by atoms with Crippen LogP contribution in [0.15, 0.2) is 64.4 Å². The van der Waals surface area contributed by atoms with Gasteiger partial charge in [0, 0.05) is 11.8 Å². The Kier molecular flexibility index (Phi) is 5.33. The van der Waals surface area contributed by atoms with Crippen LogP contribution < -0.4 is 10.3 Å². The largest absolute Gasteiger partial charge is 0.485 e. The number of aromatic nitrogens is 2. The molecule has 0 aliphatic heterocycles. The van der Waals surface area contributed by atoms with Crippen LogP contribution in [0.25, 0.3) is 16.8 Å². The second-order valence-corrected chi connectivity index (χ2v) is 8.56. The zero-order valence-corrected chi connectivity index (χ0v) is 16.4. The summed E-state index contributed by atoms with van der Waals surface area (Å²) in [5, 5.41) is 4.14. The Balaban J connectivity index is 2.16. The standard InChI is InChI=1S/C20H19FN2O4S/c1-13(2)27-19-18(14-7-9-17(10-8-14)28(3,25)26)12-22-23(20(19)24)16-6-4-5-15(21)11-16/h4-13H,1-3H3. The van der Waals surface area contributed by atoms with Gasteiger partial charge in [0.05, 0.1) is 22.9 Å². The molecule has 0 aliphatic carbocycles. The second-order valence-electron chi connectivity index (χ2n) is 6.55. The molecule has 0 N–H and O–H groups in total. The van der Waals surface area contributed by atoms with Crippen LogP contribution in [-0.4, -0.2) is 30.6 Å². The molecule has 0 bridgehead atoms. The van der Waals surface area contributed by atoms with Crippen molar-refractivity contribution in [2.75, 3.05) is 6.26 Å². The molecule has 0 spiro atoms. The molecule has 1 aromatic heterocycles. The van der Waals surface area contributed by atoms with Crippen molar-refractivity contribution in [2.45, 2.75) is 24.8 Å². The average molecular weight is 402 g/mol. The lowest BCUT2D eigenvalue weighted by Gasteiger charge is -2.15. The van der Waals surface area contributed by atoms with Crippen LogP contribution in [0.4, 0.5) is 4.39 Å². The zero-order chi connectivity index (χ0) is 20.5. The molecular formula is C20H19FN2O4S. The van der Waals surface area contributed by atoms with E-state index in [0.717, 1.165) is 10.9 Å². The quantitative estimate of drug-likeness (QED) is 0.655. The predicted octanol–water partition coefficient (Wildman–Crippen LogP) is 3.23. The molecule has 3 rings (SSSR count). The Morgan fingerprint density at radius 1 is 1.11 bits per heavy atom. The number of rotatable bonds is 5. The van der Waals surface area contributed by atoms with E-state index >= 15 is 0 Å². The first-order chi connectivity index (χ1) is 13.2. The smallest absolute Gasteiger partial charge is 0.314 e. The Hall–Kier alpha value is -3.00. The third-order valence-corrected chi connectivity index (χ3v) is 5.06. The van der Waals surface area contributed by atoms with Crippen molar-refractivity contribution in [3.63, 3.8) is 0 Å². The van der Waals surface area contributed by atoms with Gasteiger partial charge in [-0.2, -0.15) is 9.78 Å². The molecule has 2 aromatic carbocycles. The minimum absolute atomic E-state index is 0.0568. The van der Waals surface area contributed by atoms with Crippen molar-refractivity contribution in [1.29, 1.82) is 0 Å². The molecule has 0 radical (unpaired) electrons. The number of sulfone groups is 1. The first kappa shape index (κ1) is 19.8. The second kappa shape index (κ2) is 7.55. The summed E-state index contributed by atoms with van der Waals surface area (Å²) in [6, 6.07) is 11.6. The van der Waals surface area contributed by atoms with E-state index in [4.69, 9.17) is 4.74 Å². The molecular weight excluding hydrogens is 383 g/mol. The van der Waals surface area contributed by atoms with Crippen LogP contribution >= 0.6 is 0 Å². The molecule has 3 aromatic rings. The summed E-state index contributed by atoms with van der Waals surface area (Å²) < 4.78 is 43.7. The zero-order valence-electron chi connectivity index (χ0n) is 15.6. The topological polar surface area (TPSA) is 78.3 Å². The van der Waals surface area contributed by atoms with Gasteiger partial charge in [0.1, 0.15) is 5.82 Å². The Bertz CT molecular complexity index is 1170. The van der Waals surface area contributed by atoms with E-state index in [9.17, 15) is 17.6 Å². The van der Waals surface area contributed by atoms with Gasteiger partial charge in [-0.3, -0.25) is 4.79 Å². The highest BCUT2D eigenvalue weighted by atomic mass is 32.2. The van der Waals surface area contributed by atoms with Crippen LogP contribution in [0.1, 0.15) is 13.8 Å². The molecule has 28 heavy (non-hydrogen) atoms. The highest BCUT2D eigenvalue weighted by Gasteiger charge is 2.18. The Morgan fingerprint density at radius 3 is 2.36 bits per heavy atom. The van der Waals surface area contributed by atoms with Gasteiger partial charge < -0.3 is 4.74 Å². The molecule has 0 fully saturated rings. The molecule has 0 amide bonds.